The molecule has 2 aliphatic carbocycles. The van der Waals surface area contributed by atoms with Crippen LogP contribution in [0.1, 0.15) is 75.3 Å². The van der Waals surface area contributed by atoms with Crippen molar-refractivity contribution in [2.24, 2.45) is 0 Å². The fraction of sp³-hybridized carbons (Fsp3) is 0.114. The molecule has 388 valence electrons. The summed E-state index contributed by atoms with van der Waals surface area (Å²) >= 11 is 0. The molecule has 0 atom stereocenters. The normalized spacial score (nSPS) is 13.6. The average molecular weight is 1040 g/mol. The summed E-state index contributed by atoms with van der Waals surface area (Å²) in [4.78, 5) is 4.95. The first-order valence-electron chi connectivity index (χ1n) is 28.8. The van der Waals surface area contributed by atoms with Crippen molar-refractivity contribution in [2.75, 3.05) is 9.80 Å². The van der Waals surface area contributed by atoms with E-state index >= 15 is 0 Å². The van der Waals surface area contributed by atoms with E-state index in [9.17, 15) is 0 Å². The molecule has 0 saturated heterocycles. The first-order valence-corrected chi connectivity index (χ1v) is 28.8. The Morgan fingerprint density at radius 3 is 1.11 bits per heavy atom. The molecule has 0 spiro atoms. The molecule has 13 aromatic carbocycles. The van der Waals surface area contributed by atoms with Gasteiger partial charge in [0, 0.05) is 45.0 Å². The van der Waals surface area contributed by atoms with Crippen molar-refractivity contribution in [3.8, 4) is 44.5 Å². The number of fused-ring (bicyclic) bond motifs is 10. The number of benzene rings is 13. The van der Waals surface area contributed by atoms with Gasteiger partial charge < -0.3 is 9.80 Å². The number of para-hydroxylation sites is 1. The van der Waals surface area contributed by atoms with Crippen LogP contribution < -0.4 is 9.80 Å². The zero-order chi connectivity index (χ0) is 54.7. The van der Waals surface area contributed by atoms with Gasteiger partial charge >= 0.3 is 0 Å². The summed E-state index contributed by atoms with van der Waals surface area (Å²) in [5, 5.41) is 9.67. The summed E-state index contributed by atoms with van der Waals surface area (Å²) in [6, 6.07) is 98.5. The van der Waals surface area contributed by atoms with Crippen molar-refractivity contribution in [1.29, 1.82) is 0 Å². The van der Waals surface area contributed by atoms with Crippen LogP contribution in [0.25, 0.3) is 87.6 Å². The molecule has 0 N–H and O–H groups in total. The predicted molar refractivity (Wildman–Crippen MR) is 346 cm³/mol. The van der Waals surface area contributed by atoms with Gasteiger partial charge in [0.2, 0.25) is 0 Å². The quantitative estimate of drug-likeness (QED) is 0.133. The van der Waals surface area contributed by atoms with E-state index < -0.39 is 0 Å². The van der Waals surface area contributed by atoms with Gasteiger partial charge in [-0.05, 0) is 206 Å². The van der Waals surface area contributed by atoms with E-state index in [-0.39, 0.29) is 10.8 Å². The molecule has 0 aliphatic heterocycles. The van der Waals surface area contributed by atoms with Crippen LogP contribution in [0.2, 0.25) is 0 Å². The maximum absolute atomic E-state index is 2.49. The minimum Gasteiger partial charge on any atom is -0.310 e. The highest BCUT2D eigenvalue weighted by Gasteiger charge is 2.37. The fourth-order valence-corrected chi connectivity index (χ4v) is 13.9. The van der Waals surface area contributed by atoms with Crippen LogP contribution in [0.15, 0.2) is 261 Å². The second-order valence-corrected chi connectivity index (χ2v) is 23.9. The van der Waals surface area contributed by atoms with Crippen molar-refractivity contribution in [1.82, 2.24) is 0 Å². The van der Waals surface area contributed by atoms with Gasteiger partial charge in [-0.25, -0.2) is 0 Å². The van der Waals surface area contributed by atoms with Crippen LogP contribution in [0.3, 0.4) is 0 Å². The molecule has 0 aromatic heterocycles. The van der Waals surface area contributed by atoms with Crippen molar-refractivity contribution in [3.05, 3.63) is 289 Å². The zero-order valence-electron chi connectivity index (χ0n) is 46.8. The molecule has 15 rings (SSSR count). The highest BCUT2D eigenvalue weighted by molar-refractivity contribution is 6.23. The van der Waals surface area contributed by atoms with E-state index in [1.54, 1.807) is 0 Å². The van der Waals surface area contributed by atoms with Gasteiger partial charge in [0.25, 0.3) is 0 Å². The van der Waals surface area contributed by atoms with E-state index in [2.05, 4.69) is 312 Å². The van der Waals surface area contributed by atoms with Gasteiger partial charge in [-0.15, -0.1) is 0 Å². The molecule has 0 amide bonds. The second-order valence-electron chi connectivity index (χ2n) is 23.9. The number of hydrogen-bond donors (Lipinski definition) is 0. The van der Waals surface area contributed by atoms with Crippen molar-refractivity contribution in [3.63, 3.8) is 0 Å². The third kappa shape index (κ3) is 7.76. The molecule has 0 saturated carbocycles. The predicted octanol–water partition coefficient (Wildman–Crippen LogP) is 22.3. The topological polar surface area (TPSA) is 6.48 Å². The molecule has 0 radical (unpaired) electrons. The monoisotopic (exact) mass is 1040 g/mol. The van der Waals surface area contributed by atoms with Crippen LogP contribution in [0.5, 0.6) is 0 Å². The summed E-state index contributed by atoms with van der Waals surface area (Å²) < 4.78 is 0. The summed E-state index contributed by atoms with van der Waals surface area (Å²) in [5.41, 5.74) is 23.2. The smallest absolute Gasteiger partial charge is 0.0468 e. The number of nitrogens with zero attached hydrogens (tertiary/aromatic N) is 2. The Bertz CT molecular complexity index is 4670. The first kappa shape index (κ1) is 48.6. The molecular formula is C79H62N2. The van der Waals surface area contributed by atoms with Crippen LogP contribution in [-0.2, 0) is 10.8 Å². The van der Waals surface area contributed by atoms with Gasteiger partial charge in [0.05, 0.1) is 0 Å². The fourth-order valence-electron chi connectivity index (χ4n) is 13.9. The summed E-state index contributed by atoms with van der Waals surface area (Å²) in [7, 11) is 0. The lowest BCUT2D eigenvalue weighted by molar-refractivity contribution is 0.660. The maximum atomic E-state index is 2.49. The van der Waals surface area contributed by atoms with Crippen LogP contribution >= 0.6 is 0 Å². The Morgan fingerprint density at radius 2 is 0.642 bits per heavy atom. The lowest BCUT2D eigenvalue weighted by Gasteiger charge is -2.30. The van der Waals surface area contributed by atoms with Crippen LogP contribution in [0, 0.1) is 0 Å². The Balaban J connectivity index is 1.01. The van der Waals surface area contributed by atoms with E-state index in [0.29, 0.717) is 5.92 Å². The molecule has 0 heterocycles. The molecule has 0 unspecified atom stereocenters. The van der Waals surface area contributed by atoms with Crippen molar-refractivity contribution in [2.45, 2.75) is 58.3 Å². The minimum atomic E-state index is -0.159. The van der Waals surface area contributed by atoms with E-state index in [1.165, 1.54) is 115 Å². The third-order valence-corrected chi connectivity index (χ3v) is 18.2. The Kier molecular flexibility index (Phi) is 11.1. The van der Waals surface area contributed by atoms with Gasteiger partial charge in [0.1, 0.15) is 0 Å². The van der Waals surface area contributed by atoms with Gasteiger partial charge in [-0.3, -0.25) is 0 Å². The second kappa shape index (κ2) is 18.5. The number of rotatable bonds is 9. The van der Waals surface area contributed by atoms with Crippen molar-refractivity contribution >= 4 is 77.2 Å². The lowest BCUT2D eigenvalue weighted by Crippen LogP contribution is -2.16. The molecule has 81 heavy (non-hydrogen) atoms. The first-order chi connectivity index (χ1) is 39.5. The molecular weight excluding hydrogens is 977 g/mol. The molecule has 0 bridgehead atoms. The summed E-state index contributed by atoms with van der Waals surface area (Å²) in [6.07, 6.45) is 0. The highest BCUT2D eigenvalue weighted by atomic mass is 15.1. The Hall–Kier alpha value is -9.50. The van der Waals surface area contributed by atoms with E-state index in [4.69, 9.17) is 0 Å². The van der Waals surface area contributed by atoms with E-state index in [1.807, 2.05) is 0 Å². The summed E-state index contributed by atoms with van der Waals surface area (Å²) in [5.74, 6) is 0.414. The lowest BCUT2D eigenvalue weighted by atomic mass is 9.82. The molecule has 0 fully saturated rings. The zero-order valence-corrected chi connectivity index (χ0v) is 46.8. The average Bonchev–Trinajstić information content (AvgIpc) is 4.15. The van der Waals surface area contributed by atoms with Crippen LogP contribution in [0.4, 0.5) is 34.1 Å². The number of hydrogen-bond acceptors (Lipinski definition) is 2. The minimum absolute atomic E-state index is 0.153. The molecule has 13 aromatic rings. The van der Waals surface area contributed by atoms with E-state index in [0.717, 1.165) is 34.1 Å². The van der Waals surface area contributed by atoms with Gasteiger partial charge in [-0.2, -0.15) is 0 Å². The number of anilines is 6. The molecule has 2 nitrogen and oxygen atoms in total. The molecule has 2 aliphatic rings. The Morgan fingerprint density at radius 1 is 0.272 bits per heavy atom. The van der Waals surface area contributed by atoms with Gasteiger partial charge in [0.15, 0.2) is 0 Å². The van der Waals surface area contributed by atoms with Crippen LogP contribution in [-0.4, -0.2) is 0 Å². The van der Waals surface area contributed by atoms with Gasteiger partial charge in [-0.1, -0.05) is 217 Å². The highest BCUT2D eigenvalue weighted by Crippen LogP contribution is 2.54. The SMILES string of the molecule is CC(C)c1ccc(N(c2ccc3c(c2)C(C)(C)c2ccccc2-3)c2ccc3c(-c4ccc5ccccc5c4)c4cc(N(c5ccccc5)c5ccc6c(c5)C(C)(C)c5ccccc5-6)ccc4c(-c4ccc5ccccc5c4)c3c2)cc1. The molecule has 2 heteroatoms. The third-order valence-electron chi connectivity index (χ3n) is 18.2. The standard InChI is InChI=1S/C79H62N2/c1-50(2)51-32-34-59(35-33-51)81(63-37-41-67-65-25-15-17-27-73(65)79(5,6)75(67)49-63)61-39-43-69-71(47-61)77(57-31-29-53-19-11-13-21-55(53)45-57)68-42-38-60(46-70(68)76(69)56-30-28-52-18-10-12-20-54(52)44-56)80(58-22-8-7-9-23-58)62-36-40-66-64-24-14-16-26-72(64)78(3,4)74(66)48-62/h7-50H,1-6H3. The largest absolute Gasteiger partial charge is 0.310 e. The Labute approximate surface area is 475 Å². The summed E-state index contributed by atoms with van der Waals surface area (Å²) in [6.45, 7) is 14.1. The maximum Gasteiger partial charge on any atom is 0.0468 e. The van der Waals surface area contributed by atoms with Crippen molar-refractivity contribution < 1.29 is 0 Å².